The molecule has 20 heavy (non-hydrogen) atoms. The molecular formula is C14H15N3O2S. The Balaban J connectivity index is 1.77. The quantitative estimate of drug-likeness (QED) is 0.943. The minimum Gasteiger partial charge on any atom is -0.368 e. The highest BCUT2D eigenvalue weighted by Gasteiger charge is 2.24. The monoisotopic (exact) mass is 289 g/mol. The van der Waals surface area contributed by atoms with Gasteiger partial charge >= 0.3 is 0 Å². The molecule has 1 saturated heterocycles. The van der Waals surface area contributed by atoms with E-state index in [0.717, 1.165) is 29.1 Å². The molecule has 0 aromatic carbocycles. The predicted molar refractivity (Wildman–Crippen MR) is 77.7 cm³/mol. The smallest absolute Gasteiger partial charge is 0.255 e. The molecule has 0 saturated carbocycles. The molecule has 0 unspecified atom stereocenters. The van der Waals surface area contributed by atoms with E-state index < -0.39 is 0 Å². The molecule has 0 spiro atoms. The maximum absolute atomic E-state index is 12.0. The van der Waals surface area contributed by atoms with Crippen molar-refractivity contribution < 1.29 is 9.53 Å². The number of rotatable bonds is 3. The molecule has 1 aliphatic rings. The molecule has 1 amide bonds. The Morgan fingerprint density at radius 3 is 3.10 bits per heavy atom. The maximum atomic E-state index is 12.0. The van der Waals surface area contributed by atoms with E-state index in [-0.39, 0.29) is 12.0 Å². The van der Waals surface area contributed by atoms with Crippen LogP contribution in [0.1, 0.15) is 18.5 Å². The molecule has 104 valence electrons. The SMILES string of the molecule is Cc1nc(NC(=O)[C@H]2CCCO2)sc1-c1ccccn1. The number of anilines is 1. The van der Waals surface area contributed by atoms with Crippen LogP contribution in [-0.2, 0) is 9.53 Å². The lowest BCUT2D eigenvalue weighted by Crippen LogP contribution is -2.26. The lowest BCUT2D eigenvalue weighted by atomic mass is 10.2. The van der Waals surface area contributed by atoms with Crippen molar-refractivity contribution in [2.75, 3.05) is 11.9 Å². The summed E-state index contributed by atoms with van der Waals surface area (Å²) in [5.41, 5.74) is 1.75. The number of hydrogen-bond donors (Lipinski definition) is 1. The maximum Gasteiger partial charge on any atom is 0.255 e. The Kier molecular flexibility index (Phi) is 3.75. The van der Waals surface area contributed by atoms with Gasteiger partial charge in [-0.1, -0.05) is 17.4 Å². The number of carbonyl (C=O) groups excluding carboxylic acids is 1. The molecule has 1 atom stereocenters. The molecule has 2 aromatic heterocycles. The number of aryl methyl sites for hydroxylation is 1. The van der Waals surface area contributed by atoms with Crippen molar-refractivity contribution in [3.8, 4) is 10.6 Å². The number of nitrogens with zero attached hydrogens (tertiary/aromatic N) is 2. The molecule has 1 aliphatic heterocycles. The van der Waals surface area contributed by atoms with Crippen LogP contribution in [0.3, 0.4) is 0 Å². The molecule has 0 aliphatic carbocycles. The summed E-state index contributed by atoms with van der Waals surface area (Å²) in [6, 6.07) is 5.75. The molecular weight excluding hydrogens is 274 g/mol. The van der Waals surface area contributed by atoms with Gasteiger partial charge in [0.2, 0.25) is 0 Å². The molecule has 3 rings (SSSR count). The number of carbonyl (C=O) groups is 1. The number of thiazole rings is 1. The van der Waals surface area contributed by atoms with Gasteiger partial charge in [0.15, 0.2) is 5.13 Å². The van der Waals surface area contributed by atoms with E-state index in [1.807, 2.05) is 25.1 Å². The Morgan fingerprint density at radius 2 is 2.40 bits per heavy atom. The summed E-state index contributed by atoms with van der Waals surface area (Å²) in [6.07, 6.45) is 3.13. The lowest BCUT2D eigenvalue weighted by molar-refractivity contribution is -0.124. The average molecular weight is 289 g/mol. The van der Waals surface area contributed by atoms with Crippen LogP contribution in [0.15, 0.2) is 24.4 Å². The van der Waals surface area contributed by atoms with Gasteiger partial charge in [-0.2, -0.15) is 0 Å². The summed E-state index contributed by atoms with van der Waals surface area (Å²) in [5, 5.41) is 3.43. The lowest BCUT2D eigenvalue weighted by Gasteiger charge is -2.07. The van der Waals surface area contributed by atoms with Crippen molar-refractivity contribution >= 4 is 22.4 Å². The fourth-order valence-corrected chi connectivity index (χ4v) is 3.10. The molecule has 5 nitrogen and oxygen atoms in total. The topological polar surface area (TPSA) is 64.1 Å². The molecule has 2 aromatic rings. The first-order chi connectivity index (χ1) is 9.74. The van der Waals surface area contributed by atoms with Gasteiger partial charge in [0.1, 0.15) is 6.10 Å². The van der Waals surface area contributed by atoms with Gasteiger partial charge in [-0.3, -0.25) is 15.1 Å². The number of ether oxygens (including phenoxy) is 1. The molecule has 6 heteroatoms. The number of amides is 1. The standard InChI is InChI=1S/C14H15N3O2S/c1-9-12(10-5-2-3-7-15-10)20-14(16-9)17-13(18)11-6-4-8-19-11/h2-3,5,7,11H,4,6,8H2,1H3,(H,16,17,18)/t11-/m1/s1. The van der Waals surface area contributed by atoms with Crippen molar-refractivity contribution in [3.05, 3.63) is 30.1 Å². The van der Waals surface area contributed by atoms with Crippen LogP contribution in [0.4, 0.5) is 5.13 Å². The fourth-order valence-electron chi connectivity index (χ4n) is 2.15. The van der Waals surface area contributed by atoms with Crippen molar-refractivity contribution in [3.63, 3.8) is 0 Å². The van der Waals surface area contributed by atoms with Gasteiger partial charge in [-0.25, -0.2) is 4.98 Å². The number of hydrogen-bond acceptors (Lipinski definition) is 5. The van der Waals surface area contributed by atoms with Crippen LogP contribution in [0.2, 0.25) is 0 Å². The Hall–Kier alpha value is -1.79. The second-order valence-corrected chi connectivity index (χ2v) is 5.64. The third-order valence-electron chi connectivity index (χ3n) is 3.15. The van der Waals surface area contributed by atoms with Gasteiger partial charge in [0.05, 0.1) is 16.3 Å². The van der Waals surface area contributed by atoms with Crippen LogP contribution >= 0.6 is 11.3 Å². The molecule has 1 N–H and O–H groups in total. The van der Waals surface area contributed by atoms with Gasteiger partial charge in [0, 0.05) is 12.8 Å². The Bertz CT molecular complexity index is 606. The molecule has 1 fully saturated rings. The first-order valence-electron chi connectivity index (χ1n) is 6.55. The number of aromatic nitrogens is 2. The number of nitrogens with one attached hydrogen (secondary N) is 1. The van der Waals surface area contributed by atoms with Gasteiger partial charge in [-0.05, 0) is 31.9 Å². The zero-order valence-electron chi connectivity index (χ0n) is 11.1. The zero-order chi connectivity index (χ0) is 13.9. The third-order valence-corrected chi connectivity index (χ3v) is 4.24. The molecule has 3 heterocycles. The van der Waals surface area contributed by atoms with Gasteiger partial charge in [0.25, 0.3) is 5.91 Å². The summed E-state index contributed by atoms with van der Waals surface area (Å²) < 4.78 is 5.36. The van der Waals surface area contributed by atoms with Crippen molar-refractivity contribution in [1.82, 2.24) is 9.97 Å². The van der Waals surface area contributed by atoms with E-state index in [4.69, 9.17) is 4.74 Å². The molecule has 0 radical (unpaired) electrons. The highest BCUT2D eigenvalue weighted by Crippen LogP contribution is 2.31. The van der Waals surface area contributed by atoms with Crippen LogP contribution < -0.4 is 5.32 Å². The van der Waals surface area contributed by atoms with Crippen molar-refractivity contribution in [2.45, 2.75) is 25.9 Å². The summed E-state index contributed by atoms with van der Waals surface area (Å²) in [7, 11) is 0. The van der Waals surface area contributed by atoms with E-state index in [2.05, 4.69) is 15.3 Å². The van der Waals surface area contributed by atoms with Crippen molar-refractivity contribution in [2.24, 2.45) is 0 Å². The van der Waals surface area contributed by atoms with E-state index in [1.165, 1.54) is 11.3 Å². The normalized spacial score (nSPS) is 18.1. The van der Waals surface area contributed by atoms with Crippen LogP contribution in [0, 0.1) is 6.92 Å². The minimum atomic E-state index is -0.336. The fraction of sp³-hybridized carbons (Fsp3) is 0.357. The minimum absolute atomic E-state index is 0.108. The largest absolute Gasteiger partial charge is 0.368 e. The summed E-state index contributed by atoms with van der Waals surface area (Å²) in [5.74, 6) is -0.108. The Morgan fingerprint density at radius 1 is 1.50 bits per heavy atom. The van der Waals surface area contributed by atoms with Crippen molar-refractivity contribution in [1.29, 1.82) is 0 Å². The van der Waals surface area contributed by atoms with E-state index >= 15 is 0 Å². The Labute approximate surface area is 121 Å². The summed E-state index contributed by atoms with van der Waals surface area (Å²) >= 11 is 1.44. The van der Waals surface area contributed by atoms with Gasteiger partial charge in [-0.15, -0.1) is 0 Å². The summed E-state index contributed by atoms with van der Waals surface area (Å²) in [6.45, 7) is 2.58. The highest BCUT2D eigenvalue weighted by molar-refractivity contribution is 7.19. The molecule has 0 bridgehead atoms. The van der Waals surface area contributed by atoms with E-state index in [0.29, 0.717) is 11.7 Å². The van der Waals surface area contributed by atoms with Crippen LogP contribution in [0.5, 0.6) is 0 Å². The van der Waals surface area contributed by atoms with E-state index in [9.17, 15) is 4.79 Å². The predicted octanol–water partition coefficient (Wildman–Crippen LogP) is 2.63. The second kappa shape index (κ2) is 5.68. The van der Waals surface area contributed by atoms with Gasteiger partial charge < -0.3 is 4.74 Å². The highest BCUT2D eigenvalue weighted by atomic mass is 32.1. The second-order valence-electron chi connectivity index (χ2n) is 4.64. The first kappa shape index (κ1) is 13.2. The van der Waals surface area contributed by atoms with Crippen LogP contribution in [0.25, 0.3) is 10.6 Å². The zero-order valence-corrected chi connectivity index (χ0v) is 11.9. The van der Waals surface area contributed by atoms with Crippen LogP contribution in [-0.4, -0.2) is 28.6 Å². The average Bonchev–Trinajstić information content (AvgIpc) is 3.09. The number of pyridine rings is 1. The van der Waals surface area contributed by atoms with E-state index in [1.54, 1.807) is 6.20 Å². The first-order valence-corrected chi connectivity index (χ1v) is 7.37. The third kappa shape index (κ3) is 2.71. The summed E-state index contributed by atoms with van der Waals surface area (Å²) in [4.78, 5) is 21.7.